The van der Waals surface area contributed by atoms with Crippen LogP contribution in [0.1, 0.15) is 5.69 Å². The standard InChI is InChI=1S/C18H11ClFN3O3/c19-13-3-1-2-12(8-13)16-21-15(10-25-16)9-23-18(24)26-17(22-23)11-4-6-14(20)7-5-11/h1-8,10H,9H2. The molecule has 0 aliphatic carbocycles. The molecule has 4 aromatic rings. The van der Waals surface area contributed by atoms with Crippen molar-refractivity contribution in [3.63, 3.8) is 0 Å². The molecule has 0 amide bonds. The van der Waals surface area contributed by atoms with E-state index < -0.39 is 5.76 Å². The normalized spacial score (nSPS) is 11.0. The van der Waals surface area contributed by atoms with E-state index in [1.165, 1.54) is 30.5 Å². The van der Waals surface area contributed by atoms with Crippen LogP contribution in [-0.2, 0) is 6.54 Å². The van der Waals surface area contributed by atoms with Crippen LogP contribution in [0.3, 0.4) is 0 Å². The first-order valence-corrected chi connectivity index (χ1v) is 8.00. The van der Waals surface area contributed by atoms with Crippen LogP contribution < -0.4 is 5.76 Å². The molecule has 0 spiro atoms. The van der Waals surface area contributed by atoms with E-state index in [4.69, 9.17) is 20.4 Å². The Labute approximate surface area is 151 Å². The number of halogens is 2. The van der Waals surface area contributed by atoms with Gasteiger partial charge in [0.15, 0.2) is 0 Å². The van der Waals surface area contributed by atoms with Crippen molar-refractivity contribution in [3.8, 4) is 22.9 Å². The molecule has 130 valence electrons. The van der Waals surface area contributed by atoms with Crippen molar-refractivity contribution in [2.24, 2.45) is 0 Å². The van der Waals surface area contributed by atoms with E-state index >= 15 is 0 Å². The van der Waals surface area contributed by atoms with Crippen molar-refractivity contribution >= 4 is 11.6 Å². The van der Waals surface area contributed by atoms with Gasteiger partial charge in [0.05, 0.1) is 6.54 Å². The number of oxazole rings is 1. The number of hydrogen-bond acceptors (Lipinski definition) is 5. The summed E-state index contributed by atoms with van der Waals surface area (Å²) in [6.07, 6.45) is 1.44. The number of benzene rings is 2. The second-order valence-electron chi connectivity index (χ2n) is 5.49. The van der Waals surface area contributed by atoms with Gasteiger partial charge >= 0.3 is 5.76 Å². The molecule has 0 atom stereocenters. The highest BCUT2D eigenvalue weighted by molar-refractivity contribution is 6.30. The first-order valence-electron chi connectivity index (χ1n) is 7.63. The van der Waals surface area contributed by atoms with E-state index in [1.807, 2.05) is 6.07 Å². The summed E-state index contributed by atoms with van der Waals surface area (Å²) >= 11 is 5.96. The van der Waals surface area contributed by atoms with Gasteiger partial charge < -0.3 is 8.83 Å². The quantitative estimate of drug-likeness (QED) is 0.542. The highest BCUT2D eigenvalue weighted by atomic mass is 35.5. The fourth-order valence-corrected chi connectivity index (χ4v) is 2.59. The Morgan fingerprint density at radius 3 is 2.65 bits per heavy atom. The van der Waals surface area contributed by atoms with Gasteiger partial charge in [-0.05, 0) is 42.5 Å². The molecule has 0 radical (unpaired) electrons. The highest BCUT2D eigenvalue weighted by Crippen LogP contribution is 2.22. The lowest BCUT2D eigenvalue weighted by molar-refractivity contribution is 0.492. The molecule has 0 bridgehead atoms. The van der Waals surface area contributed by atoms with Crippen molar-refractivity contribution in [2.45, 2.75) is 6.54 Å². The smallest absolute Gasteiger partial charge is 0.437 e. The lowest BCUT2D eigenvalue weighted by Gasteiger charge is -1.95. The van der Waals surface area contributed by atoms with E-state index in [9.17, 15) is 9.18 Å². The SMILES string of the molecule is O=c1oc(-c2ccc(F)cc2)nn1Cc1coc(-c2cccc(Cl)c2)n1. The zero-order chi connectivity index (χ0) is 18.1. The topological polar surface area (TPSA) is 74.1 Å². The fourth-order valence-electron chi connectivity index (χ4n) is 2.40. The van der Waals surface area contributed by atoms with Gasteiger partial charge in [-0.1, -0.05) is 17.7 Å². The van der Waals surface area contributed by atoms with E-state index in [1.54, 1.807) is 18.2 Å². The van der Waals surface area contributed by atoms with Gasteiger partial charge in [-0.2, -0.15) is 4.68 Å². The first-order chi connectivity index (χ1) is 12.6. The summed E-state index contributed by atoms with van der Waals surface area (Å²) in [6.45, 7) is 0.0770. The van der Waals surface area contributed by atoms with Crippen LogP contribution in [0.15, 0.2) is 68.4 Å². The summed E-state index contributed by atoms with van der Waals surface area (Å²) in [5, 5.41) is 4.68. The molecule has 0 aliphatic rings. The third kappa shape index (κ3) is 3.29. The first kappa shape index (κ1) is 16.3. The lowest BCUT2D eigenvalue weighted by atomic mass is 10.2. The predicted molar refractivity (Wildman–Crippen MR) is 92.2 cm³/mol. The highest BCUT2D eigenvalue weighted by Gasteiger charge is 2.13. The minimum absolute atomic E-state index is 0.0770. The third-order valence-electron chi connectivity index (χ3n) is 3.63. The second kappa shape index (κ2) is 6.61. The minimum atomic E-state index is -0.642. The average Bonchev–Trinajstić information content (AvgIpc) is 3.23. The Morgan fingerprint density at radius 1 is 1.08 bits per heavy atom. The molecule has 8 heteroatoms. The van der Waals surface area contributed by atoms with Gasteiger partial charge in [0.1, 0.15) is 17.8 Å². The van der Waals surface area contributed by atoms with Crippen molar-refractivity contribution in [1.29, 1.82) is 0 Å². The van der Waals surface area contributed by atoms with Crippen molar-refractivity contribution in [3.05, 3.63) is 81.9 Å². The van der Waals surface area contributed by atoms with Crippen molar-refractivity contribution in [2.75, 3.05) is 0 Å². The Hall–Kier alpha value is -3.19. The molecule has 2 heterocycles. The van der Waals surface area contributed by atoms with E-state index in [2.05, 4.69) is 10.1 Å². The molecule has 6 nitrogen and oxygen atoms in total. The third-order valence-corrected chi connectivity index (χ3v) is 3.87. The molecule has 0 saturated heterocycles. The van der Waals surface area contributed by atoms with E-state index in [0.29, 0.717) is 22.2 Å². The molecule has 0 fully saturated rings. The summed E-state index contributed by atoms with van der Waals surface area (Å²) in [7, 11) is 0. The Bertz CT molecular complexity index is 1120. The molecule has 2 aromatic carbocycles. The van der Waals surface area contributed by atoms with Crippen LogP contribution >= 0.6 is 11.6 Å². The maximum absolute atomic E-state index is 13.0. The largest absolute Gasteiger partial charge is 0.444 e. The summed E-state index contributed by atoms with van der Waals surface area (Å²) < 4.78 is 24.7. The monoisotopic (exact) mass is 371 g/mol. The van der Waals surface area contributed by atoms with Crippen LogP contribution in [-0.4, -0.2) is 14.8 Å². The van der Waals surface area contributed by atoms with E-state index in [-0.39, 0.29) is 18.3 Å². The molecule has 0 N–H and O–H groups in total. The number of rotatable bonds is 4. The molecular formula is C18H11ClFN3O3. The lowest BCUT2D eigenvalue weighted by Crippen LogP contribution is -2.16. The average molecular weight is 372 g/mol. The summed E-state index contributed by atoms with van der Waals surface area (Å²) in [4.78, 5) is 16.3. The predicted octanol–water partition coefficient (Wildman–Crippen LogP) is 4.00. The van der Waals surface area contributed by atoms with Gasteiger partial charge in [-0.25, -0.2) is 14.2 Å². The Morgan fingerprint density at radius 2 is 1.88 bits per heavy atom. The molecule has 26 heavy (non-hydrogen) atoms. The molecule has 0 saturated carbocycles. The van der Waals surface area contributed by atoms with Crippen LogP contribution in [0.25, 0.3) is 22.9 Å². The maximum atomic E-state index is 13.0. The minimum Gasteiger partial charge on any atom is -0.444 e. The summed E-state index contributed by atoms with van der Waals surface area (Å²) in [5.41, 5.74) is 1.73. The molecular weight excluding hydrogens is 361 g/mol. The van der Waals surface area contributed by atoms with Gasteiger partial charge in [0.2, 0.25) is 11.8 Å². The number of nitrogens with zero attached hydrogens (tertiary/aromatic N) is 3. The zero-order valence-electron chi connectivity index (χ0n) is 13.2. The summed E-state index contributed by atoms with van der Waals surface area (Å²) in [5.74, 6) is -0.533. The number of aromatic nitrogens is 3. The van der Waals surface area contributed by atoms with Crippen LogP contribution in [0.2, 0.25) is 5.02 Å². The molecule has 4 rings (SSSR count). The summed E-state index contributed by atoms with van der Waals surface area (Å²) in [6, 6.07) is 12.6. The van der Waals surface area contributed by atoms with Crippen molar-refractivity contribution < 1.29 is 13.2 Å². The Balaban J connectivity index is 1.58. The molecule has 2 aromatic heterocycles. The number of hydrogen-bond donors (Lipinski definition) is 0. The van der Waals surface area contributed by atoms with E-state index in [0.717, 1.165) is 10.2 Å². The second-order valence-corrected chi connectivity index (χ2v) is 5.93. The van der Waals surface area contributed by atoms with Crippen LogP contribution in [0.4, 0.5) is 4.39 Å². The molecule has 0 aliphatic heterocycles. The fraction of sp³-hybridized carbons (Fsp3) is 0.0556. The molecule has 0 unspecified atom stereocenters. The van der Waals surface area contributed by atoms with Crippen LogP contribution in [0.5, 0.6) is 0 Å². The maximum Gasteiger partial charge on any atom is 0.437 e. The van der Waals surface area contributed by atoms with Crippen molar-refractivity contribution in [1.82, 2.24) is 14.8 Å². The Kier molecular flexibility index (Phi) is 4.14. The van der Waals surface area contributed by atoms with Crippen LogP contribution in [0, 0.1) is 5.82 Å². The zero-order valence-corrected chi connectivity index (χ0v) is 14.0. The van der Waals surface area contributed by atoms with Gasteiger partial charge in [0, 0.05) is 16.1 Å². The van der Waals surface area contributed by atoms with Gasteiger partial charge in [-0.15, -0.1) is 5.10 Å². The van der Waals surface area contributed by atoms with Gasteiger partial charge in [0.25, 0.3) is 0 Å². The van der Waals surface area contributed by atoms with Gasteiger partial charge in [-0.3, -0.25) is 0 Å².